The van der Waals surface area contributed by atoms with Gasteiger partial charge in [0, 0.05) is 0 Å². The first-order valence-electron chi connectivity index (χ1n) is 6.28. The second-order valence-corrected chi connectivity index (χ2v) is 4.64. The lowest BCUT2D eigenvalue weighted by atomic mass is 9.93. The van der Waals surface area contributed by atoms with E-state index in [-0.39, 0.29) is 6.42 Å². The van der Waals surface area contributed by atoms with Crippen molar-refractivity contribution in [3.05, 3.63) is 35.9 Å². The van der Waals surface area contributed by atoms with E-state index in [0.717, 1.165) is 10.6 Å². The molecule has 1 aliphatic rings. The van der Waals surface area contributed by atoms with Crippen molar-refractivity contribution in [1.29, 1.82) is 0 Å². The van der Waals surface area contributed by atoms with Gasteiger partial charge >= 0.3 is 11.9 Å². The van der Waals surface area contributed by atoms with Crippen molar-refractivity contribution < 1.29 is 24.3 Å². The summed E-state index contributed by atoms with van der Waals surface area (Å²) in [4.78, 5) is 23.6. The number of benzene rings is 1. The molecule has 1 fully saturated rings. The predicted molar refractivity (Wildman–Crippen MR) is 68.7 cm³/mol. The lowest BCUT2D eigenvalue weighted by Crippen LogP contribution is -2.36. The van der Waals surface area contributed by atoms with E-state index >= 15 is 0 Å². The molecule has 108 valence electrons. The lowest BCUT2D eigenvalue weighted by Gasteiger charge is -2.24. The van der Waals surface area contributed by atoms with Gasteiger partial charge in [-0.05, 0) is 12.0 Å². The van der Waals surface area contributed by atoms with Crippen LogP contribution in [0.1, 0.15) is 18.0 Å². The molecule has 1 saturated heterocycles. The van der Waals surface area contributed by atoms with Gasteiger partial charge in [0.05, 0.1) is 26.2 Å². The number of methoxy groups -OCH3 is 2. The first-order valence-corrected chi connectivity index (χ1v) is 6.28. The first kappa shape index (κ1) is 14.5. The summed E-state index contributed by atoms with van der Waals surface area (Å²) in [7, 11) is 2.54. The van der Waals surface area contributed by atoms with E-state index < -0.39 is 29.9 Å². The molecule has 0 bridgehead atoms. The van der Waals surface area contributed by atoms with Crippen LogP contribution in [0.3, 0.4) is 0 Å². The topological polar surface area (TPSA) is 76.1 Å². The molecule has 3 atom stereocenters. The summed E-state index contributed by atoms with van der Waals surface area (Å²) in [5.41, 5.74) is 0.747. The second kappa shape index (κ2) is 6.02. The molecule has 1 aromatic carbocycles. The zero-order valence-corrected chi connectivity index (χ0v) is 11.4. The van der Waals surface area contributed by atoms with Gasteiger partial charge in [0.2, 0.25) is 0 Å². The third-order valence-corrected chi connectivity index (χ3v) is 3.58. The number of hydrogen-bond acceptors (Lipinski definition) is 6. The number of hydroxylamine groups is 2. The molecule has 1 aromatic rings. The fourth-order valence-electron chi connectivity index (χ4n) is 2.61. The van der Waals surface area contributed by atoms with Crippen LogP contribution in [0.15, 0.2) is 30.3 Å². The summed E-state index contributed by atoms with van der Waals surface area (Å²) in [5.74, 6) is -1.64. The van der Waals surface area contributed by atoms with Crippen molar-refractivity contribution in [2.75, 3.05) is 14.2 Å². The van der Waals surface area contributed by atoms with Crippen LogP contribution in [0, 0.1) is 5.92 Å². The molecule has 0 amide bonds. The minimum atomic E-state index is -0.866. The summed E-state index contributed by atoms with van der Waals surface area (Å²) >= 11 is 0. The second-order valence-electron chi connectivity index (χ2n) is 4.64. The van der Waals surface area contributed by atoms with E-state index in [9.17, 15) is 14.8 Å². The van der Waals surface area contributed by atoms with Crippen molar-refractivity contribution in [1.82, 2.24) is 5.06 Å². The van der Waals surface area contributed by atoms with Crippen molar-refractivity contribution in [2.24, 2.45) is 5.92 Å². The van der Waals surface area contributed by atoms with E-state index in [1.165, 1.54) is 14.2 Å². The Morgan fingerprint density at radius 1 is 1.15 bits per heavy atom. The average Bonchev–Trinajstić information content (AvgIpc) is 2.84. The maximum absolute atomic E-state index is 11.9. The monoisotopic (exact) mass is 279 g/mol. The maximum Gasteiger partial charge on any atom is 0.325 e. The number of hydrogen-bond donors (Lipinski definition) is 1. The van der Waals surface area contributed by atoms with Gasteiger partial charge in [0.1, 0.15) is 6.04 Å². The summed E-state index contributed by atoms with van der Waals surface area (Å²) in [6.07, 6.45) is 0.162. The minimum absolute atomic E-state index is 0.162. The molecule has 6 nitrogen and oxygen atoms in total. The number of carbonyl (C=O) groups is 2. The van der Waals surface area contributed by atoms with Gasteiger partial charge < -0.3 is 14.7 Å². The van der Waals surface area contributed by atoms with E-state index in [1.807, 2.05) is 18.2 Å². The number of esters is 2. The minimum Gasteiger partial charge on any atom is -0.469 e. The molecular formula is C14H17NO5. The number of ether oxygens (including phenoxy) is 2. The van der Waals surface area contributed by atoms with Crippen LogP contribution in [0.2, 0.25) is 0 Å². The van der Waals surface area contributed by atoms with Gasteiger partial charge in [0.25, 0.3) is 0 Å². The third-order valence-electron chi connectivity index (χ3n) is 3.58. The highest BCUT2D eigenvalue weighted by atomic mass is 16.5. The summed E-state index contributed by atoms with van der Waals surface area (Å²) in [6.45, 7) is 0. The average molecular weight is 279 g/mol. The fraction of sp³-hybridized carbons (Fsp3) is 0.429. The Balaban J connectivity index is 2.34. The van der Waals surface area contributed by atoms with E-state index in [4.69, 9.17) is 4.74 Å². The zero-order valence-electron chi connectivity index (χ0n) is 11.4. The van der Waals surface area contributed by atoms with E-state index in [0.29, 0.717) is 0 Å². The van der Waals surface area contributed by atoms with Crippen molar-refractivity contribution >= 4 is 11.9 Å². The van der Waals surface area contributed by atoms with Gasteiger partial charge in [-0.15, -0.1) is 0 Å². The molecule has 0 spiro atoms. The number of carbonyl (C=O) groups excluding carboxylic acids is 2. The largest absolute Gasteiger partial charge is 0.469 e. The van der Waals surface area contributed by atoms with Crippen LogP contribution in [0.25, 0.3) is 0 Å². The highest BCUT2D eigenvalue weighted by Gasteiger charge is 2.49. The Kier molecular flexibility index (Phi) is 4.36. The number of nitrogens with zero attached hydrogens (tertiary/aromatic N) is 1. The highest BCUT2D eigenvalue weighted by molar-refractivity contribution is 5.80. The smallest absolute Gasteiger partial charge is 0.325 e. The van der Waals surface area contributed by atoms with Crippen LogP contribution in [-0.2, 0) is 19.1 Å². The molecule has 0 aliphatic carbocycles. The van der Waals surface area contributed by atoms with Gasteiger partial charge in [-0.3, -0.25) is 9.59 Å². The Labute approximate surface area is 116 Å². The van der Waals surface area contributed by atoms with Crippen LogP contribution < -0.4 is 0 Å². The SMILES string of the molecule is COC(=O)[C@@H]1C[C@@H](C(=O)OC)N(O)[C@@H]1c1ccccc1. The number of rotatable bonds is 3. The molecule has 0 unspecified atom stereocenters. The molecule has 0 aromatic heterocycles. The normalized spacial score (nSPS) is 26.2. The van der Waals surface area contributed by atoms with Gasteiger partial charge in [-0.1, -0.05) is 30.3 Å². The fourth-order valence-corrected chi connectivity index (χ4v) is 2.61. The molecule has 0 saturated carbocycles. The van der Waals surface area contributed by atoms with Crippen molar-refractivity contribution in [3.8, 4) is 0 Å². The highest BCUT2D eigenvalue weighted by Crippen LogP contribution is 2.40. The third kappa shape index (κ3) is 2.52. The summed E-state index contributed by atoms with van der Waals surface area (Å²) in [6, 6.07) is 7.56. The Morgan fingerprint density at radius 3 is 2.30 bits per heavy atom. The van der Waals surface area contributed by atoms with Crippen LogP contribution in [0.5, 0.6) is 0 Å². The molecule has 20 heavy (non-hydrogen) atoms. The van der Waals surface area contributed by atoms with Crippen molar-refractivity contribution in [2.45, 2.75) is 18.5 Å². The molecule has 2 rings (SSSR count). The Hall–Kier alpha value is -1.92. The van der Waals surface area contributed by atoms with Crippen molar-refractivity contribution in [3.63, 3.8) is 0 Å². The van der Waals surface area contributed by atoms with Crippen LogP contribution in [-0.4, -0.2) is 42.5 Å². The predicted octanol–water partition coefficient (Wildman–Crippen LogP) is 1.15. The molecule has 1 aliphatic heterocycles. The van der Waals surface area contributed by atoms with Gasteiger partial charge in [-0.25, -0.2) is 0 Å². The van der Waals surface area contributed by atoms with E-state index in [1.54, 1.807) is 12.1 Å². The summed E-state index contributed by atoms with van der Waals surface area (Å²) < 4.78 is 9.42. The zero-order chi connectivity index (χ0) is 14.7. The maximum atomic E-state index is 11.9. The van der Waals surface area contributed by atoms with Crippen LogP contribution in [0.4, 0.5) is 0 Å². The lowest BCUT2D eigenvalue weighted by molar-refractivity contribution is -0.177. The molecule has 1 heterocycles. The van der Waals surface area contributed by atoms with Crippen LogP contribution >= 0.6 is 0 Å². The molecular weight excluding hydrogens is 262 g/mol. The molecule has 6 heteroatoms. The first-order chi connectivity index (χ1) is 9.60. The Morgan fingerprint density at radius 2 is 1.75 bits per heavy atom. The van der Waals surface area contributed by atoms with Gasteiger partial charge in [-0.2, -0.15) is 5.06 Å². The standard InChI is InChI=1S/C14H17NO5/c1-19-13(16)10-8-11(14(17)20-2)15(18)12(10)9-6-4-3-5-7-9/h3-7,10-12,18H,8H2,1-2H3/t10-,11+,12-/m1/s1. The molecule has 0 radical (unpaired) electrons. The Bertz CT molecular complexity index is 490. The molecule has 1 N–H and O–H groups in total. The van der Waals surface area contributed by atoms with E-state index in [2.05, 4.69) is 4.74 Å². The van der Waals surface area contributed by atoms with Gasteiger partial charge in [0.15, 0.2) is 0 Å². The quantitative estimate of drug-likeness (QED) is 0.837. The summed E-state index contributed by atoms with van der Waals surface area (Å²) in [5, 5.41) is 11.1.